The van der Waals surface area contributed by atoms with Crippen LogP contribution in [0.25, 0.3) is 10.4 Å². The maximum absolute atomic E-state index is 12.8. The molecule has 1 heterocycles. The molecule has 4 heteroatoms. The van der Waals surface area contributed by atoms with Crippen LogP contribution in [0, 0.1) is 11.6 Å². The van der Waals surface area contributed by atoms with E-state index in [1.165, 1.54) is 23.7 Å². The van der Waals surface area contributed by atoms with E-state index in [2.05, 4.69) is 4.37 Å². The van der Waals surface area contributed by atoms with E-state index >= 15 is 0 Å². The summed E-state index contributed by atoms with van der Waals surface area (Å²) < 4.78 is 29.2. The molecule has 0 radical (unpaired) electrons. The molecule has 1 aromatic carbocycles. The molecule has 66 valence electrons. The number of benzene rings is 1. The van der Waals surface area contributed by atoms with Crippen molar-refractivity contribution in [2.75, 3.05) is 0 Å². The van der Waals surface area contributed by atoms with Crippen LogP contribution in [0.1, 0.15) is 0 Å². The summed E-state index contributed by atoms with van der Waals surface area (Å²) >= 11 is 1.25. The van der Waals surface area contributed by atoms with Crippen molar-refractivity contribution in [1.82, 2.24) is 4.37 Å². The van der Waals surface area contributed by atoms with Gasteiger partial charge >= 0.3 is 0 Å². The number of hydrogen-bond acceptors (Lipinski definition) is 2. The zero-order valence-electron chi connectivity index (χ0n) is 6.50. The molecule has 0 amide bonds. The Morgan fingerprint density at radius 2 is 1.92 bits per heavy atom. The van der Waals surface area contributed by atoms with Crippen LogP contribution in [0.5, 0.6) is 0 Å². The maximum Gasteiger partial charge on any atom is 0.159 e. The monoisotopic (exact) mass is 197 g/mol. The third-order valence-corrected chi connectivity index (χ3v) is 2.44. The zero-order valence-corrected chi connectivity index (χ0v) is 7.31. The Bertz CT molecular complexity index is 412. The van der Waals surface area contributed by atoms with Crippen molar-refractivity contribution in [3.8, 4) is 10.4 Å². The van der Waals surface area contributed by atoms with Crippen molar-refractivity contribution in [2.45, 2.75) is 0 Å². The molecule has 0 aliphatic rings. The number of rotatable bonds is 1. The van der Waals surface area contributed by atoms with Crippen molar-refractivity contribution in [3.63, 3.8) is 0 Å². The third kappa shape index (κ3) is 1.58. The Balaban J connectivity index is 2.49. The summed E-state index contributed by atoms with van der Waals surface area (Å²) in [7, 11) is 0. The third-order valence-electron chi connectivity index (χ3n) is 1.64. The second kappa shape index (κ2) is 3.22. The Labute approximate surface area is 77.8 Å². The van der Waals surface area contributed by atoms with Gasteiger partial charge in [-0.1, -0.05) is 6.07 Å². The largest absolute Gasteiger partial charge is 0.204 e. The van der Waals surface area contributed by atoms with Crippen molar-refractivity contribution < 1.29 is 8.78 Å². The summed E-state index contributed by atoms with van der Waals surface area (Å²) in [6, 6.07) is 5.58. The molecule has 1 nitrogen and oxygen atoms in total. The Morgan fingerprint density at radius 3 is 2.54 bits per heavy atom. The Kier molecular flexibility index (Phi) is 2.06. The van der Waals surface area contributed by atoms with Crippen LogP contribution < -0.4 is 0 Å². The highest BCUT2D eigenvalue weighted by Crippen LogP contribution is 2.23. The van der Waals surface area contributed by atoms with E-state index in [-0.39, 0.29) is 0 Å². The highest BCUT2D eigenvalue weighted by Gasteiger charge is 2.04. The average molecular weight is 197 g/mol. The predicted molar refractivity (Wildman–Crippen MR) is 47.5 cm³/mol. The maximum atomic E-state index is 12.8. The van der Waals surface area contributed by atoms with Gasteiger partial charge in [0.2, 0.25) is 0 Å². The first kappa shape index (κ1) is 8.31. The van der Waals surface area contributed by atoms with Crippen molar-refractivity contribution in [2.24, 2.45) is 0 Å². The van der Waals surface area contributed by atoms with Crippen LogP contribution >= 0.6 is 11.5 Å². The summed E-state index contributed by atoms with van der Waals surface area (Å²) in [6.45, 7) is 0. The lowest BCUT2D eigenvalue weighted by Crippen LogP contribution is -1.83. The minimum Gasteiger partial charge on any atom is -0.204 e. The molecule has 1 aromatic heterocycles. The van der Waals surface area contributed by atoms with Gasteiger partial charge in [-0.3, -0.25) is 0 Å². The second-order valence-corrected chi connectivity index (χ2v) is 3.34. The molecule has 0 atom stereocenters. The standard InChI is InChI=1S/C9H5F2NS/c10-7-2-1-6(5-8(7)11)9-3-4-12-13-9/h1-5H. The lowest BCUT2D eigenvalue weighted by atomic mass is 10.2. The van der Waals surface area contributed by atoms with Crippen LogP contribution in [-0.4, -0.2) is 4.37 Å². The number of hydrogen-bond donors (Lipinski definition) is 0. The molecule has 0 saturated carbocycles. The zero-order chi connectivity index (χ0) is 9.26. The minimum atomic E-state index is -0.828. The van der Waals surface area contributed by atoms with Gasteiger partial charge in [-0.05, 0) is 35.3 Å². The quantitative estimate of drug-likeness (QED) is 0.684. The van der Waals surface area contributed by atoms with Gasteiger partial charge in [0.05, 0.1) is 4.88 Å². The normalized spacial score (nSPS) is 10.3. The number of aromatic nitrogens is 1. The van der Waals surface area contributed by atoms with E-state index in [9.17, 15) is 8.78 Å². The average Bonchev–Trinajstić information content (AvgIpc) is 2.62. The lowest BCUT2D eigenvalue weighted by molar-refractivity contribution is 0.509. The van der Waals surface area contributed by atoms with Gasteiger partial charge in [0.25, 0.3) is 0 Å². The SMILES string of the molecule is Fc1ccc(-c2ccns2)cc1F. The van der Waals surface area contributed by atoms with E-state index in [1.54, 1.807) is 12.3 Å². The van der Waals surface area contributed by atoms with Crippen molar-refractivity contribution in [3.05, 3.63) is 42.1 Å². The van der Waals surface area contributed by atoms with E-state index in [0.29, 0.717) is 5.56 Å². The topological polar surface area (TPSA) is 12.9 Å². The molecule has 2 aromatic rings. The van der Waals surface area contributed by atoms with E-state index in [0.717, 1.165) is 10.9 Å². The molecule has 0 aliphatic heterocycles. The van der Waals surface area contributed by atoms with Crippen LogP contribution in [-0.2, 0) is 0 Å². The summed E-state index contributed by atoms with van der Waals surface area (Å²) in [5.74, 6) is -1.65. The fourth-order valence-corrected chi connectivity index (χ4v) is 1.60. The number of nitrogens with zero attached hydrogens (tertiary/aromatic N) is 1. The molecule has 2 rings (SSSR count). The first-order chi connectivity index (χ1) is 6.27. The minimum absolute atomic E-state index is 0.654. The van der Waals surface area contributed by atoms with Crippen LogP contribution in [0.4, 0.5) is 8.78 Å². The van der Waals surface area contributed by atoms with Gasteiger partial charge in [-0.15, -0.1) is 0 Å². The fraction of sp³-hybridized carbons (Fsp3) is 0. The first-order valence-corrected chi connectivity index (χ1v) is 4.41. The summed E-state index contributed by atoms with van der Waals surface area (Å²) in [4.78, 5) is 0.832. The number of halogens is 2. The summed E-state index contributed by atoms with van der Waals surface area (Å²) in [5.41, 5.74) is 0.654. The lowest BCUT2D eigenvalue weighted by Gasteiger charge is -1.96. The first-order valence-electron chi connectivity index (χ1n) is 3.63. The van der Waals surface area contributed by atoms with Crippen molar-refractivity contribution in [1.29, 1.82) is 0 Å². The summed E-state index contributed by atoms with van der Waals surface area (Å²) in [5, 5.41) is 0. The molecular formula is C9H5F2NS. The Morgan fingerprint density at radius 1 is 1.08 bits per heavy atom. The highest BCUT2D eigenvalue weighted by atomic mass is 32.1. The molecule has 0 bridgehead atoms. The smallest absolute Gasteiger partial charge is 0.159 e. The van der Waals surface area contributed by atoms with Crippen LogP contribution in [0.15, 0.2) is 30.5 Å². The fourth-order valence-electron chi connectivity index (χ4n) is 1.01. The molecule has 0 fully saturated rings. The molecular weight excluding hydrogens is 192 g/mol. The predicted octanol–water partition coefficient (Wildman–Crippen LogP) is 3.09. The van der Waals surface area contributed by atoms with Crippen molar-refractivity contribution >= 4 is 11.5 Å². The van der Waals surface area contributed by atoms with Crippen LogP contribution in [0.3, 0.4) is 0 Å². The van der Waals surface area contributed by atoms with Gasteiger partial charge in [-0.2, -0.15) is 0 Å². The van der Waals surface area contributed by atoms with E-state index in [4.69, 9.17) is 0 Å². The van der Waals surface area contributed by atoms with Crippen LogP contribution in [0.2, 0.25) is 0 Å². The highest BCUT2D eigenvalue weighted by molar-refractivity contribution is 7.09. The van der Waals surface area contributed by atoms with E-state index in [1.807, 2.05) is 0 Å². The Hall–Kier alpha value is -1.29. The van der Waals surface area contributed by atoms with Gasteiger partial charge in [0.15, 0.2) is 11.6 Å². The van der Waals surface area contributed by atoms with Gasteiger partial charge < -0.3 is 0 Å². The van der Waals surface area contributed by atoms with Gasteiger partial charge in [0.1, 0.15) is 0 Å². The van der Waals surface area contributed by atoms with Gasteiger partial charge in [-0.25, -0.2) is 13.2 Å². The second-order valence-electron chi connectivity index (χ2n) is 2.51. The van der Waals surface area contributed by atoms with E-state index < -0.39 is 11.6 Å². The molecule has 0 unspecified atom stereocenters. The molecule has 0 N–H and O–H groups in total. The molecule has 0 saturated heterocycles. The molecule has 13 heavy (non-hydrogen) atoms. The molecule has 0 spiro atoms. The van der Waals surface area contributed by atoms with Gasteiger partial charge in [0, 0.05) is 6.20 Å². The molecule has 0 aliphatic carbocycles. The summed E-state index contributed by atoms with van der Waals surface area (Å²) in [6.07, 6.45) is 1.63.